The summed E-state index contributed by atoms with van der Waals surface area (Å²) < 4.78 is 9.89. The Bertz CT molecular complexity index is 880. The molecule has 1 heterocycles. The quantitative estimate of drug-likeness (QED) is 0.452. The molecule has 0 spiro atoms. The van der Waals surface area contributed by atoms with Crippen molar-refractivity contribution in [2.75, 3.05) is 7.11 Å². The fourth-order valence-electron chi connectivity index (χ4n) is 3.30. The molecule has 0 bridgehead atoms. The number of rotatable bonds is 9. The Balaban J connectivity index is 1.90. The van der Waals surface area contributed by atoms with E-state index in [0.717, 1.165) is 12.7 Å². The normalized spacial score (nSPS) is 19.0. The topological polar surface area (TPSA) is 140 Å². The number of hydrogen-bond acceptors (Lipinski definition) is 7. The summed E-state index contributed by atoms with van der Waals surface area (Å²) in [6.07, 6.45) is -0.184. The van der Waals surface area contributed by atoms with Crippen molar-refractivity contribution in [2.45, 2.75) is 70.2 Å². The van der Waals surface area contributed by atoms with E-state index >= 15 is 0 Å². The molecule has 1 aromatic rings. The van der Waals surface area contributed by atoms with E-state index in [1.165, 1.54) is 0 Å². The van der Waals surface area contributed by atoms with Crippen molar-refractivity contribution >= 4 is 29.7 Å². The largest absolute Gasteiger partial charge is 0.467 e. The van der Waals surface area contributed by atoms with E-state index in [9.17, 15) is 24.0 Å². The number of carbonyl (C=O) groups is 5. The van der Waals surface area contributed by atoms with Crippen LogP contribution < -0.4 is 16.0 Å². The molecule has 10 nitrogen and oxygen atoms in total. The van der Waals surface area contributed by atoms with Crippen LogP contribution in [-0.2, 0) is 39.9 Å². The first kappa shape index (κ1) is 25.8. The second-order valence-electron chi connectivity index (χ2n) is 8.78. The van der Waals surface area contributed by atoms with Gasteiger partial charge in [0.1, 0.15) is 23.7 Å². The van der Waals surface area contributed by atoms with Gasteiger partial charge in [0.05, 0.1) is 13.5 Å². The smallest absolute Gasteiger partial charge is 0.328 e. The zero-order valence-corrected chi connectivity index (χ0v) is 19.3. The van der Waals surface area contributed by atoms with Gasteiger partial charge >= 0.3 is 11.9 Å². The highest BCUT2D eigenvalue weighted by Crippen LogP contribution is 2.12. The number of nitrogens with one attached hydrogen (secondary N) is 3. The third-order valence-electron chi connectivity index (χ3n) is 4.82. The molecule has 3 amide bonds. The fraction of sp³-hybridized carbons (Fsp3) is 0.522. The lowest BCUT2D eigenvalue weighted by molar-refractivity contribution is -0.155. The monoisotopic (exact) mass is 461 g/mol. The van der Waals surface area contributed by atoms with Gasteiger partial charge in [-0.15, -0.1) is 0 Å². The molecule has 1 fully saturated rings. The molecule has 1 aromatic carbocycles. The number of benzene rings is 1. The van der Waals surface area contributed by atoms with E-state index in [1.54, 1.807) is 20.8 Å². The van der Waals surface area contributed by atoms with Crippen LogP contribution in [0, 0.1) is 0 Å². The average Bonchev–Trinajstić information content (AvgIpc) is 2.73. The molecule has 33 heavy (non-hydrogen) atoms. The van der Waals surface area contributed by atoms with Gasteiger partial charge < -0.3 is 25.4 Å². The molecule has 0 saturated carbocycles. The maximum Gasteiger partial charge on any atom is 0.328 e. The lowest BCUT2D eigenvalue weighted by atomic mass is 10.0. The Kier molecular flexibility index (Phi) is 8.95. The van der Waals surface area contributed by atoms with Crippen molar-refractivity contribution in [2.24, 2.45) is 0 Å². The van der Waals surface area contributed by atoms with Crippen molar-refractivity contribution in [3.05, 3.63) is 35.9 Å². The highest BCUT2D eigenvalue weighted by atomic mass is 16.6. The van der Waals surface area contributed by atoms with Crippen molar-refractivity contribution in [1.29, 1.82) is 0 Å². The molecule has 0 aromatic heterocycles. The molecule has 2 rings (SSSR count). The zero-order chi connectivity index (χ0) is 24.6. The second kappa shape index (κ2) is 11.4. The minimum absolute atomic E-state index is 0.0320. The number of amides is 3. The first-order valence-corrected chi connectivity index (χ1v) is 10.7. The lowest BCUT2D eigenvalue weighted by Gasteiger charge is -2.29. The number of ether oxygens (including phenoxy) is 2. The van der Waals surface area contributed by atoms with Crippen LogP contribution in [0.4, 0.5) is 0 Å². The number of esters is 2. The number of methoxy groups -OCH3 is 1. The Morgan fingerprint density at radius 1 is 1.03 bits per heavy atom. The first-order chi connectivity index (χ1) is 15.5. The van der Waals surface area contributed by atoms with E-state index in [4.69, 9.17) is 9.47 Å². The summed E-state index contributed by atoms with van der Waals surface area (Å²) in [5.41, 5.74) is 0.214. The van der Waals surface area contributed by atoms with Crippen LogP contribution in [0.2, 0.25) is 0 Å². The standard InChI is InChI=1S/C23H31N3O7/c1-23(2,3)33-19(28)11-10-15(22(31)32-4)24-18(27)13-17-21(30)25-16(20(29)26-17)12-14-8-6-5-7-9-14/h5-9,15-17H,10-13H2,1-4H3,(H,24,27)(H,25,30)(H,26,29)/t15-,16-,17-/m0/s1. The van der Waals surface area contributed by atoms with Crippen LogP contribution in [0.15, 0.2) is 30.3 Å². The van der Waals surface area contributed by atoms with Gasteiger partial charge in [-0.2, -0.15) is 0 Å². The molecular formula is C23H31N3O7. The molecule has 1 aliphatic rings. The Morgan fingerprint density at radius 3 is 2.24 bits per heavy atom. The van der Waals surface area contributed by atoms with Gasteiger partial charge in [-0.1, -0.05) is 30.3 Å². The van der Waals surface area contributed by atoms with Gasteiger partial charge in [-0.3, -0.25) is 19.2 Å². The highest BCUT2D eigenvalue weighted by molar-refractivity contribution is 5.99. The maximum absolute atomic E-state index is 12.5. The highest BCUT2D eigenvalue weighted by Gasteiger charge is 2.35. The van der Waals surface area contributed by atoms with Crippen molar-refractivity contribution < 1.29 is 33.4 Å². The van der Waals surface area contributed by atoms with E-state index < -0.39 is 53.4 Å². The van der Waals surface area contributed by atoms with Crippen molar-refractivity contribution in [3.63, 3.8) is 0 Å². The molecule has 180 valence electrons. The number of carbonyl (C=O) groups excluding carboxylic acids is 5. The minimum atomic E-state index is -1.09. The fourth-order valence-corrected chi connectivity index (χ4v) is 3.30. The van der Waals surface area contributed by atoms with Crippen LogP contribution in [0.3, 0.4) is 0 Å². The first-order valence-electron chi connectivity index (χ1n) is 10.7. The third-order valence-corrected chi connectivity index (χ3v) is 4.82. The summed E-state index contributed by atoms with van der Waals surface area (Å²) in [7, 11) is 1.16. The summed E-state index contributed by atoms with van der Waals surface area (Å²) >= 11 is 0. The van der Waals surface area contributed by atoms with E-state index in [0.29, 0.717) is 6.42 Å². The van der Waals surface area contributed by atoms with Gasteiger partial charge in [0.15, 0.2) is 0 Å². The van der Waals surface area contributed by atoms with Crippen LogP contribution in [0.5, 0.6) is 0 Å². The summed E-state index contributed by atoms with van der Waals surface area (Å²) in [5, 5.41) is 7.66. The third kappa shape index (κ3) is 8.55. The summed E-state index contributed by atoms with van der Waals surface area (Å²) in [5.74, 6) is -2.78. The predicted octanol–water partition coefficient (Wildman–Crippen LogP) is 0.382. The average molecular weight is 462 g/mol. The van der Waals surface area contributed by atoms with Crippen LogP contribution in [0.25, 0.3) is 0 Å². The molecule has 1 saturated heterocycles. The van der Waals surface area contributed by atoms with E-state index in [-0.39, 0.29) is 19.3 Å². The Morgan fingerprint density at radius 2 is 1.64 bits per heavy atom. The molecular weight excluding hydrogens is 430 g/mol. The Hall–Kier alpha value is -3.43. The predicted molar refractivity (Wildman–Crippen MR) is 118 cm³/mol. The molecule has 0 radical (unpaired) electrons. The van der Waals surface area contributed by atoms with Crippen LogP contribution in [0.1, 0.15) is 45.6 Å². The maximum atomic E-state index is 12.5. The van der Waals surface area contributed by atoms with Crippen LogP contribution >= 0.6 is 0 Å². The summed E-state index contributed by atoms with van der Waals surface area (Å²) in [6, 6.07) is 6.32. The zero-order valence-electron chi connectivity index (χ0n) is 19.3. The van der Waals surface area contributed by atoms with Gasteiger partial charge in [0, 0.05) is 12.8 Å². The lowest BCUT2D eigenvalue weighted by Crippen LogP contribution is -2.63. The molecule has 1 aliphatic heterocycles. The van der Waals surface area contributed by atoms with Gasteiger partial charge in [-0.05, 0) is 32.8 Å². The van der Waals surface area contributed by atoms with Crippen molar-refractivity contribution in [3.8, 4) is 0 Å². The molecule has 3 atom stereocenters. The summed E-state index contributed by atoms with van der Waals surface area (Å²) in [4.78, 5) is 61.3. The van der Waals surface area contributed by atoms with E-state index in [1.807, 2.05) is 30.3 Å². The van der Waals surface area contributed by atoms with Gasteiger partial charge in [0.2, 0.25) is 17.7 Å². The number of hydrogen-bond donors (Lipinski definition) is 3. The molecule has 0 aliphatic carbocycles. The minimum Gasteiger partial charge on any atom is -0.467 e. The summed E-state index contributed by atoms with van der Waals surface area (Å²) in [6.45, 7) is 5.16. The van der Waals surface area contributed by atoms with Gasteiger partial charge in [-0.25, -0.2) is 4.79 Å². The van der Waals surface area contributed by atoms with Crippen LogP contribution in [-0.4, -0.2) is 60.5 Å². The molecule has 3 N–H and O–H groups in total. The SMILES string of the molecule is COC(=O)[C@H](CCC(=O)OC(C)(C)C)NC(=O)C[C@@H]1NC(=O)[C@H](Cc2ccccc2)NC1=O. The molecule has 10 heteroatoms. The second-order valence-corrected chi connectivity index (χ2v) is 8.78. The van der Waals surface area contributed by atoms with E-state index in [2.05, 4.69) is 16.0 Å². The van der Waals surface area contributed by atoms with Crippen molar-refractivity contribution in [1.82, 2.24) is 16.0 Å². The molecule has 0 unspecified atom stereocenters. The number of piperazine rings is 1. The Labute approximate surface area is 192 Å². The van der Waals surface area contributed by atoms with Gasteiger partial charge in [0.25, 0.3) is 0 Å².